The minimum atomic E-state index is 0.628. The van der Waals surface area contributed by atoms with Crippen molar-refractivity contribution in [3.63, 3.8) is 0 Å². The van der Waals surface area contributed by atoms with Crippen molar-refractivity contribution < 1.29 is 9.14 Å². The van der Waals surface area contributed by atoms with Crippen molar-refractivity contribution in [2.75, 3.05) is 34.3 Å². The number of nitrogens with zero attached hydrogens (tertiary/aromatic N) is 1. The van der Waals surface area contributed by atoms with Crippen LogP contribution >= 0.6 is 0 Å². The number of quaternary nitrogens is 1. The Balaban J connectivity index is 3.11. The van der Waals surface area contributed by atoms with E-state index >= 15 is 0 Å². The third-order valence-electron chi connectivity index (χ3n) is 0.880. The third-order valence-corrected chi connectivity index (χ3v) is 0.880. The summed E-state index contributed by atoms with van der Waals surface area (Å²) in [7, 11) is 11.1. The molecule has 0 aromatic rings. The topological polar surface area (TPSA) is 9.23 Å². The van der Waals surface area contributed by atoms with Crippen LogP contribution in [0.3, 0.4) is 0 Å². The van der Waals surface area contributed by atoms with Crippen LogP contribution in [-0.2, 0) is 4.65 Å². The van der Waals surface area contributed by atoms with E-state index in [9.17, 15) is 0 Å². The number of likely N-dealkylation sites (N-methyl/N-ethyl adjacent to an activating group) is 1. The van der Waals surface area contributed by atoms with Gasteiger partial charge in [-0.05, 0) is 0 Å². The molecule has 0 unspecified atom stereocenters. The molecule has 0 fully saturated rings. The minimum Gasteiger partial charge on any atom is -0.442 e. The second kappa shape index (κ2) is 3.10. The first kappa shape index (κ1) is 7.98. The molecule has 0 heterocycles. The summed E-state index contributed by atoms with van der Waals surface area (Å²) in [4.78, 5) is 0. The van der Waals surface area contributed by atoms with Gasteiger partial charge in [0.25, 0.3) is 8.05 Å². The van der Waals surface area contributed by atoms with E-state index in [-0.39, 0.29) is 0 Å². The molecule has 46 valence electrons. The lowest BCUT2D eigenvalue weighted by Crippen LogP contribution is -2.37. The average molecular weight is 114 g/mol. The summed E-state index contributed by atoms with van der Waals surface area (Å²) in [6, 6.07) is 0. The highest BCUT2D eigenvalue weighted by atomic mass is 16.4. The summed E-state index contributed by atoms with van der Waals surface area (Å²) in [6.45, 7) is 1.58. The third kappa shape index (κ3) is 5.98. The van der Waals surface area contributed by atoms with E-state index in [0.29, 0.717) is 6.61 Å². The fourth-order valence-corrected chi connectivity index (χ4v) is 0.327. The highest BCUT2D eigenvalue weighted by Gasteiger charge is 2.03. The van der Waals surface area contributed by atoms with E-state index < -0.39 is 0 Å². The largest absolute Gasteiger partial charge is 0.442 e. The van der Waals surface area contributed by atoms with Gasteiger partial charge in [0, 0.05) is 0 Å². The number of hydrogen-bond acceptors (Lipinski definition) is 1. The van der Waals surface area contributed by atoms with Gasteiger partial charge < -0.3 is 9.14 Å². The molecule has 0 aromatic heterocycles. The van der Waals surface area contributed by atoms with Gasteiger partial charge in [-0.25, -0.2) is 0 Å². The van der Waals surface area contributed by atoms with Crippen molar-refractivity contribution in [2.45, 2.75) is 0 Å². The van der Waals surface area contributed by atoms with Crippen LogP contribution in [0.2, 0.25) is 0 Å². The summed E-state index contributed by atoms with van der Waals surface area (Å²) >= 11 is 0. The van der Waals surface area contributed by atoms with Gasteiger partial charge in [0.1, 0.15) is 0 Å². The van der Waals surface area contributed by atoms with E-state index in [1.54, 1.807) is 0 Å². The summed E-state index contributed by atoms with van der Waals surface area (Å²) in [6.07, 6.45) is 0. The molecule has 0 rings (SSSR count). The van der Waals surface area contributed by atoms with E-state index in [2.05, 4.69) is 25.8 Å². The zero-order valence-corrected chi connectivity index (χ0v) is 5.85. The van der Waals surface area contributed by atoms with Gasteiger partial charge in [0.05, 0.1) is 34.3 Å². The highest BCUT2D eigenvalue weighted by Crippen LogP contribution is 1.86. The molecule has 0 aliphatic carbocycles. The molecule has 0 saturated carbocycles. The molecule has 0 atom stereocenters. The molecule has 2 radical (unpaired) electrons. The molecule has 0 bridgehead atoms. The molecule has 0 aliphatic rings. The van der Waals surface area contributed by atoms with Gasteiger partial charge in [0.15, 0.2) is 0 Å². The Hall–Kier alpha value is -0.0151. The van der Waals surface area contributed by atoms with Crippen LogP contribution in [0.25, 0.3) is 0 Å². The van der Waals surface area contributed by atoms with Gasteiger partial charge in [-0.15, -0.1) is 0 Å². The standard InChI is InChI=1S/C5H13BNO/c1-7(2,3)4-5-8-6/h4-5H2,1-3H3/q+1. The lowest BCUT2D eigenvalue weighted by atomic mass is 10.5. The Labute approximate surface area is 52.5 Å². The van der Waals surface area contributed by atoms with E-state index in [1.165, 1.54) is 0 Å². The van der Waals surface area contributed by atoms with Crippen LogP contribution in [0, 0.1) is 0 Å². The van der Waals surface area contributed by atoms with Crippen molar-refractivity contribution >= 4 is 8.05 Å². The van der Waals surface area contributed by atoms with Crippen molar-refractivity contribution in [2.24, 2.45) is 0 Å². The zero-order valence-electron chi connectivity index (χ0n) is 5.85. The first-order chi connectivity index (χ1) is 3.56. The molecule has 0 spiro atoms. The Morgan fingerprint density at radius 3 is 2.00 bits per heavy atom. The summed E-state index contributed by atoms with van der Waals surface area (Å²) in [5.41, 5.74) is 0. The summed E-state index contributed by atoms with van der Waals surface area (Å²) < 4.78 is 5.30. The molecular formula is C5H13BNO+. The Kier molecular flexibility index (Phi) is 3.09. The van der Waals surface area contributed by atoms with Crippen LogP contribution in [0.15, 0.2) is 0 Å². The lowest BCUT2D eigenvalue weighted by Gasteiger charge is -2.23. The van der Waals surface area contributed by atoms with Crippen LogP contribution in [-0.4, -0.2) is 46.8 Å². The molecule has 0 N–H and O–H groups in total. The van der Waals surface area contributed by atoms with Crippen molar-refractivity contribution in [3.8, 4) is 0 Å². The van der Waals surface area contributed by atoms with E-state index in [4.69, 9.17) is 8.05 Å². The summed E-state index contributed by atoms with van der Waals surface area (Å²) in [5.74, 6) is 0. The van der Waals surface area contributed by atoms with Crippen LogP contribution in [0.1, 0.15) is 0 Å². The maximum absolute atomic E-state index is 4.83. The highest BCUT2D eigenvalue weighted by molar-refractivity contribution is 5.97. The molecule has 0 amide bonds. The van der Waals surface area contributed by atoms with E-state index in [0.717, 1.165) is 11.0 Å². The molecule has 0 aromatic carbocycles. The fourth-order valence-electron chi connectivity index (χ4n) is 0.327. The average Bonchev–Trinajstić information content (AvgIpc) is 1.59. The first-order valence-electron chi connectivity index (χ1n) is 2.68. The first-order valence-corrected chi connectivity index (χ1v) is 2.68. The minimum absolute atomic E-state index is 0.628. The lowest BCUT2D eigenvalue weighted by molar-refractivity contribution is -0.870. The fraction of sp³-hybridized carbons (Fsp3) is 1.00. The monoisotopic (exact) mass is 114 g/mol. The Morgan fingerprint density at radius 2 is 1.88 bits per heavy atom. The Morgan fingerprint density at radius 1 is 1.38 bits per heavy atom. The molecule has 3 heteroatoms. The molecule has 0 saturated heterocycles. The predicted molar refractivity (Wildman–Crippen MR) is 34.6 cm³/mol. The van der Waals surface area contributed by atoms with Gasteiger partial charge in [-0.3, -0.25) is 0 Å². The second-order valence-corrected chi connectivity index (χ2v) is 2.88. The summed E-state index contributed by atoms with van der Waals surface area (Å²) in [5, 5.41) is 0. The van der Waals surface area contributed by atoms with Crippen LogP contribution in [0.5, 0.6) is 0 Å². The molecule has 0 aliphatic heterocycles. The van der Waals surface area contributed by atoms with Crippen molar-refractivity contribution in [3.05, 3.63) is 0 Å². The molecule has 2 nitrogen and oxygen atoms in total. The SMILES string of the molecule is [B]OCC[N+](C)(C)C. The van der Waals surface area contributed by atoms with E-state index in [1.807, 2.05) is 0 Å². The zero-order chi connectivity index (χ0) is 6.62. The Bertz CT molecular complexity index is 59.9. The smallest absolute Gasteiger partial charge is 0.282 e. The predicted octanol–water partition coefficient (Wildman–Crippen LogP) is -0.207. The van der Waals surface area contributed by atoms with Crippen molar-refractivity contribution in [1.82, 2.24) is 0 Å². The molecular weight excluding hydrogens is 101 g/mol. The van der Waals surface area contributed by atoms with Gasteiger partial charge in [-0.2, -0.15) is 0 Å². The molecule has 8 heavy (non-hydrogen) atoms. The maximum atomic E-state index is 4.83. The van der Waals surface area contributed by atoms with Crippen LogP contribution in [0.4, 0.5) is 0 Å². The maximum Gasteiger partial charge on any atom is 0.282 e. The van der Waals surface area contributed by atoms with Crippen molar-refractivity contribution in [1.29, 1.82) is 0 Å². The number of rotatable bonds is 3. The number of hydrogen-bond donors (Lipinski definition) is 0. The van der Waals surface area contributed by atoms with Gasteiger partial charge in [-0.1, -0.05) is 0 Å². The van der Waals surface area contributed by atoms with Gasteiger partial charge in [0.2, 0.25) is 0 Å². The van der Waals surface area contributed by atoms with Crippen LogP contribution < -0.4 is 0 Å². The second-order valence-electron chi connectivity index (χ2n) is 2.88. The quantitative estimate of drug-likeness (QED) is 0.364. The van der Waals surface area contributed by atoms with Gasteiger partial charge >= 0.3 is 0 Å². The normalized spacial score (nSPS) is 11.9.